The molecule has 0 amide bonds. The van der Waals surface area contributed by atoms with Gasteiger partial charge in [-0.3, -0.25) is 0 Å². The topological polar surface area (TPSA) is 32.3 Å². The van der Waals surface area contributed by atoms with Gasteiger partial charge in [0.15, 0.2) is 0 Å². The number of rotatable bonds is 4. The zero-order chi connectivity index (χ0) is 13.8. The number of hydrogen-bond donors (Lipinski definition) is 2. The fraction of sp³-hybridized carbons (Fsp3) is 0.200. The molecule has 0 radical (unpaired) electrons. The maximum atomic E-state index is 9.92. The van der Waals surface area contributed by atoms with Crippen LogP contribution in [0.2, 0.25) is 0 Å². The molecule has 0 aliphatic heterocycles. The Morgan fingerprint density at radius 1 is 1.11 bits per heavy atom. The van der Waals surface area contributed by atoms with Gasteiger partial charge in [-0.25, -0.2) is 0 Å². The maximum absolute atomic E-state index is 9.92. The predicted octanol–water partition coefficient (Wildman–Crippen LogP) is 4.77. The minimum atomic E-state index is 0.228. The van der Waals surface area contributed by atoms with Crippen molar-refractivity contribution in [2.45, 2.75) is 19.5 Å². The fourth-order valence-corrected chi connectivity index (χ4v) is 2.51. The van der Waals surface area contributed by atoms with Crippen molar-refractivity contribution in [3.05, 3.63) is 62.5 Å². The van der Waals surface area contributed by atoms with Crippen molar-refractivity contribution in [1.82, 2.24) is 5.32 Å². The van der Waals surface area contributed by atoms with Crippen molar-refractivity contribution in [3.63, 3.8) is 0 Å². The van der Waals surface area contributed by atoms with E-state index in [0.29, 0.717) is 12.3 Å². The molecule has 0 aliphatic rings. The number of halogens is 2. The number of benzene rings is 2. The molecule has 2 aromatic rings. The van der Waals surface area contributed by atoms with E-state index in [1.165, 1.54) is 5.56 Å². The number of phenols is 1. The lowest BCUT2D eigenvalue weighted by atomic mass is 10.1. The van der Waals surface area contributed by atoms with Crippen LogP contribution in [0.1, 0.15) is 24.1 Å². The predicted molar refractivity (Wildman–Crippen MR) is 85.2 cm³/mol. The summed E-state index contributed by atoms with van der Waals surface area (Å²) in [5.74, 6) is 0.304. The van der Waals surface area contributed by atoms with Crippen LogP contribution in [0.3, 0.4) is 0 Å². The highest BCUT2D eigenvalue weighted by Crippen LogP contribution is 2.27. The van der Waals surface area contributed by atoms with Gasteiger partial charge in [0.1, 0.15) is 5.75 Å². The van der Waals surface area contributed by atoms with Crippen LogP contribution in [0, 0.1) is 0 Å². The summed E-state index contributed by atoms with van der Waals surface area (Å²) in [5, 5.41) is 13.3. The molecule has 100 valence electrons. The minimum Gasteiger partial charge on any atom is -0.506 e. The van der Waals surface area contributed by atoms with E-state index in [-0.39, 0.29) is 6.04 Å². The molecule has 2 rings (SSSR count). The molecule has 0 saturated heterocycles. The first-order valence-electron chi connectivity index (χ1n) is 6.03. The summed E-state index contributed by atoms with van der Waals surface area (Å²) >= 11 is 6.75. The average Bonchev–Trinajstić information content (AvgIpc) is 2.41. The Bertz CT molecular complexity index is 555. The molecule has 0 aliphatic carbocycles. The Balaban J connectivity index is 2.02. The van der Waals surface area contributed by atoms with E-state index < -0.39 is 0 Å². The number of phenolic OH excluding ortho intramolecular Hbond substituents is 1. The molecule has 4 heteroatoms. The summed E-state index contributed by atoms with van der Waals surface area (Å²) in [6, 6.07) is 14.1. The van der Waals surface area contributed by atoms with Crippen LogP contribution in [0.25, 0.3) is 0 Å². The average molecular weight is 385 g/mol. The molecule has 0 fully saturated rings. The summed E-state index contributed by atoms with van der Waals surface area (Å²) in [4.78, 5) is 0. The molecule has 0 bridgehead atoms. The van der Waals surface area contributed by atoms with Crippen LogP contribution >= 0.6 is 31.9 Å². The standard InChI is InChI=1S/C15H15Br2NO/c1-10(11-5-7-13(16)8-6-11)18-9-12-3-2-4-14(17)15(12)19/h2-8,10,18-19H,9H2,1H3. The van der Waals surface area contributed by atoms with E-state index in [4.69, 9.17) is 0 Å². The quantitative estimate of drug-likeness (QED) is 0.795. The molecule has 0 aromatic heterocycles. The summed E-state index contributed by atoms with van der Waals surface area (Å²) < 4.78 is 1.80. The Morgan fingerprint density at radius 3 is 2.47 bits per heavy atom. The summed E-state index contributed by atoms with van der Waals surface area (Å²) in [5.41, 5.74) is 2.11. The highest BCUT2D eigenvalue weighted by atomic mass is 79.9. The Hall–Kier alpha value is -0.840. The van der Waals surface area contributed by atoms with Crippen LogP contribution in [-0.2, 0) is 6.54 Å². The molecule has 1 unspecified atom stereocenters. The van der Waals surface area contributed by atoms with Gasteiger partial charge in [-0.15, -0.1) is 0 Å². The molecule has 0 saturated carbocycles. The van der Waals surface area contributed by atoms with E-state index in [0.717, 1.165) is 14.5 Å². The minimum absolute atomic E-state index is 0.228. The van der Waals surface area contributed by atoms with Gasteiger partial charge < -0.3 is 10.4 Å². The molecular formula is C15H15Br2NO. The number of aromatic hydroxyl groups is 1. The van der Waals surface area contributed by atoms with Crippen molar-refractivity contribution < 1.29 is 5.11 Å². The van der Waals surface area contributed by atoms with Gasteiger partial charge in [0, 0.05) is 22.6 Å². The largest absolute Gasteiger partial charge is 0.506 e. The first-order chi connectivity index (χ1) is 9.08. The lowest BCUT2D eigenvalue weighted by Crippen LogP contribution is -2.18. The number of nitrogens with one attached hydrogen (secondary N) is 1. The van der Waals surface area contributed by atoms with Crippen molar-refractivity contribution in [3.8, 4) is 5.75 Å². The Labute approximate surface area is 130 Å². The zero-order valence-electron chi connectivity index (χ0n) is 10.5. The van der Waals surface area contributed by atoms with Gasteiger partial charge in [-0.1, -0.05) is 40.2 Å². The van der Waals surface area contributed by atoms with Gasteiger partial charge in [0.2, 0.25) is 0 Å². The lowest BCUT2D eigenvalue weighted by Gasteiger charge is -2.15. The summed E-state index contributed by atoms with van der Waals surface area (Å²) in [6.07, 6.45) is 0. The lowest BCUT2D eigenvalue weighted by molar-refractivity contribution is 0.457. The van der Waals surface area contributed by atoms with Gasteiger partial charge >= 0.3 is 0 Å². The van der Waals surface area contributed by atoms with E-state index in [1.807, 2.05) is 30.3 Å². The highest BCUT2D eigenvalue weighted by molar-refractivity contribution is 9.10. The number of para-hydroxylation sites is 1. The van der Waals surface area contributed by atoms with Crippen LogP contribution in [0.4, 0.5) is 0 Å². The van der Waals surface area contributed by atoms with Crippen molar-refractivity contribution >= 4 is 31.9 Å². The molecule has 0 spiro atoms. The van der Waals surface area contributed by atoms with Gasteiger partial charge in [0.25, 0.3) is 0 Å². The van der Waals surface area contributed by atoms with Crippen LogP contribution in [0.5, 0.6) is 5.75 Å². The first-order valence-corrected chi connectivity index (χ1v) is 7.61. The summed E-state index contributed by atoms with van der Waals surface area (Å²) in [7, 11) is 0. The van der Waals surface area contributed by atoms with Crippen LogP contribution < -0.4 is 5.32 Å². The second-order valence-electron chi connectivity index (χ2n) is 4.40. The fourth-order valence-electron chi connectivity index (χ4n) is 1.84. The van der Waals surface area contributed by atoms with E-state index >= 15 is 0 Å². The Morgan fingerprint density at radius 2 is 1.79 bits per heavy atom. The van der Waals surface area contributed by atoms with E-state index in [2.05, 4.69) is 56.2 Å². The molecule has 0 heterocycles. The zero-order valence-corrected chi connectivity index (χ0v) is 13.7. The first kappa shape index (κ1) is 14.6. The smallest absolute Gasteiger partial charge is 0.134 e. The molecule has 1 atom stereocenters. The molecule has 2 aromatic carbocycles. The molecule has 2 N–H and O–H groups in total. The third kappa shape index (κ3) is 3.81. The number of hydrogen-bond acceptors (Lipinski definition) is 2. The van der Waals surface area contributed by atoms with E-state index in [9.17, 15) is 5.11 Å². The van der Waals surface area contributed by atoms with Crippen molar-refractivity contribution in [1.29, 1.82) is 0 Å². The normalized spacial score (nSPS) is 12.4. The third-order valence-electron chi connectivity index (χ3n) is 3.04. The third-order valence-corrected chi connectivity index (χ3v) is 4.21. The van der Waals surface area contributed by atoms with Crippen LogP contribution in [0.15, 0.2) is 51.4 Å². The molecular weight excluding hydrogens is 370 g/mol. The molecule has 2 nitrogen and oxygen atoms in total. The Kier molecular flexibility index (Phi) is 5.02. The monoisotopic (exact) mass is 383 g/mol. The van der Waals surface area contributed by atoms with Crippen LogP contribution in [-0.4, -0.2) is 5.11 Å². The van der Waals surface area contributed by atoms with Crippen molar-refractivity contribution in [2.75, 3.05) is 0 Å². The highest BCUT2D eigenvalue weighted by Gasteiger charge is 2.08. The second kappa shape index (κ2) is 6.55. The SMILES string of the molecule is CC(NCc1cccc(Br)c1O)c1ccc(Br)cc1. The maximum Gasteiger partial charge on any atom is 0.134 e. The van der Waals surface area contributed by atoms with E-state index in [1.54, 1.807) is 0 Å². The summed E-state index contributed by atoms with van der Waals surface area (Å²) in [6.45, 7) is 2.74. The second-order valence-corrected chi connectivity index (χ2v) is 6.17. The van der Waals surface area contributed by atoms with Gasteiger partial charge in [0.05, 0.1) is 4.47 Å². The van der Waals surface area contributed by atoms with Crippen molar-refractivity contribution in [2.24, 2.45) is 0 Å². The van der Waals surface area contributed by atoms with Gasteiger partial charge in [-0.2, -0.15) is 0 Å². The molecule has 19 heavy (non-hydrogen) atoms. The van der Waals surface area contributed by atoms with Gasteiger partial charge in [-0.05, 0) is 46.6 Å².